The van der Waals surface area contributed by atoms with E-state index in [9.17, 15) is 19.5 Å². The summed E-state index contributed by atoms with van der Waals surface area (Å²) in [6, 6.07) is 8.63. The van der Waals surface area contributed by atoms with E-state index in [2.05, 4.69) is 10.6 Å². The van der Waals surface area contributed by atoms with E-state index >= 15 is 0 Å². The van der Waals surface area contributed by atoms with Gasteiger partial charge in [-0.15, -0.1) is 0 Å². The number of rotatable bonds is 10. The van der Waals surface area contributed by atoms with Gasteiger partial charge >= 0.3 is 5.97 Å². The topological polar surface area (TPSA) is 95.5 Å². The van der Waals surface area contributed by atoms with E-state index < -0.39 is 17.9 Å². The van der Waals surface area contributed by atoms with E-state index in [4.69, 9.17) is 0 Å². The Labute approximate surface area is 155 Å². The summed E-state index contributed by atoms with van der Waals surface area (Å²) in [6.07, 6.45) is 0.685. The summed E-state index contributed by atoms with van der Waals surface area (Å²) in [6.45, 7) is 7.58. The second-order valence-corrected chi connectivity index (χ2v) is 7.36. The average molecular weight is 362 g/mol. The molecule has 2 unspecified atom stereocenters. The van der Waals surface area contributed by atoms with Crippen LogP contribution < -0.4 is 10.6 Å². The molecule has 6 heteroatoms. The van der Waals surface area contributed by atoms with Crippen LogP contribution in [0, 0.1) is 17.8 Å². The van der Waals surface area contributed by atoms with Gasteiger partial charge in [0.1, 0.15) is 6.04 Å². The lowest BCUT2D eigenvalue weighted by Gasteiger charge is -2.23. The lowest BCUT2D eigenvalue weighted by atomic mass is 9.98. The third-order valence-corrected chi connectivity index (χ3v) is 4.06. The zero-order chi connectivity index (χ0) is 19.7. The fourth-order valence-corrected chi connectivity index (χ4v) is 2.62. The Morgan fingerprint density at radius 2 is 1.65 bits per heavy atom. The zero-order valence-corrected chi connectivity index (χ0v) is 16.0. The van der Waals surface area contributed by atoms with Gasteiger partial charge < -0.3 is 15.7 Å². The average Bonchev–Trinajstić information content (AvgIpc) is 2.55. The Bertz CT molecular complexity index is 599. The van der Waals surface area contributed by atoms with E-state index in [0.717, 1.165) is 5.56 Å². The lowest BCUT2D eigenvalue weighted by molar-refractivity contribution is -0.142. The monoisotopic (exact) mass is 362 g/mol. The highest BCUT2D eigenvalue weighted by Crippen LogP contribution is 2.10. The molecule has 0 saturated heterocycles. The second-order valence-electron chi connectivity index (χ2n) is 7.36. The molecule has 0 aliphatic rings. The molecule has 0 aliphatic heterocycles. The summed E-state index contributed by atoms with van der Waals surface area (Å²) in [4.78, 5) is 35.9. The van der Waals surface area contributed by atoms with Crippen LogP contribution in [-0.2, 0) is 20.8 Å². The van der Waals surface area contributed by atoms with Gasteiger partial charge in [0.2, 0.25) is 11.8 Å². The Hall–Kier alpha value is -2.37. The number of aliphatic carboxylic acids is 1. The first-order valence-corrected chi connectivity index (χ1v) is 9.04. The van der Waals surface area contributed by atoms with Gasteiger partial charge in [-0.1, -0.05) is 58.0 Å². The summed E-state index contributed by atoms with van der Waals surface area (Å²) in [5, 5.41) is 14.9. The number of hydrogen-bond donors (Lipinski definition) is 3. The van der Waals surface area contributed by atoms with Gasteiger partial charge in [-0.2, -0.15) is 0 Å². The molecule has 0 aliphatic carbocycles. The molecule has 144 valence electrons. The first kappa shape index (κ1) is 21.7. The number of carboxylic acids is 1. The smallest absolute Gasteiger partial charge is 0.308 e. The van der Waals surface area contributed by atoms with Gasteiger partial charge in [-0.05, 0) is 23.8 Å². The number of benzene rings is 1. The molecule has 2 atom stereocenters. The Balaban J connectivity index is 2.66. The molecule has 0 radical (unpaired) electrons. The SMILES string of the molecule is CC(C)CC(=O)NC(C(=O)NCC(Cc1ccccc1)C(=O)O)C(C)C. The van der Waals surface area contributed by atoms with Gasteiger partial charge in [0.25, 0.3) is 0 Å². The predicted octanol–water partition coefficient (Wildman–Crippen LogP) is 2.23. The Kier molecular flexibility index (Phi) is 8.82. The predicted molar refractivity (Wildman–Crippen MR) is 101 cm³/mol. The molecule has 1 aromatic rings. The van der Waals surface area contributed by atoms with Crippen LogP contribution in [0.1, 0.15) is 39.7 Å². The minimum Gasteiger partial charge on any atom is -0.481 e. The number of hydrogen-bond acceptors (Lipinski definition) is 3. The summed E-state index contributed by atoms with van der Waals surface area (Å²) in [7, 11) is 0. The van der Waals surface area contributed by atoms with Gasteiger partial charge in [0, 0.05) is 13.0 Å². The number of amides is 2. The maximum Gasteiger partial charge on any atom is 0.308 e. The summed E-state index contributed by atoms with van der Waals surface area (Å²) in [5.74, 6) is -2.10. The van der Waals surface area contributed by atoms with Crippen LogP contribution in [0.5, 0.6) is 0 Å². The molecule has 0 heterocycles. The molecule has 0 saturated carbocycles. The van der Waals surface area contributed by atoms with Crippen molar-refractivity contribution in [1.82, 2.24) is 10.6 Å². The van der Waals surface area contributed by atoms with Gasteiger partial charge in [-0.3, -0.25) is 14.4 Å². The normalized spacial score (nSPS) is 13.3. The molecule has 1 rings (SSSR count). The van der Waals surface area contributed by atoms with Crippen molar-refractivity contribution >= 4 is 17.8 Å². The van der Waals surface area contributed by atoms with Crippen LogP contribution in [0.2, 0.25) is 0 Å². The fraction of sp³-hybridized carbons (Fsp3) is 0.550. The number of carbonyl (C=O) groups excluding carboxylic acids is 2. The van der Waals surface area contributed by atoms with Crippen LogP contribution in [0.25, 0.3) is 0 Å². The highest BCUT2D eigenvalue weighted by Gasteiger charge is 2.26. The minimum absolute atomic E-state index is 0.0202. The van der Waals surface area contributed by atoms with Gasteiger partial charge in [-0.25, -0.2) is 0 Å². The standard InChI is InChI=1S/C20H30N2O4/c1-13(2)10-17(23)22-18(14(3)4)19(24)21-12-16(20(25)26)11-15-8-6-5-7-9-15/h5-9,13-14,16,18H,10-12H2,1-4H3,(H,21,24)(H,22,23)(H,25,26). The van der Waals surface area contributed by atoms with E-state index in [1.54, 1.807) is 0 Å². The molecule has 6 nitrogen and oxygen atoms in total. The van der Waals surface area contributed by atoms with Crippen molar-refractivity contribution in [3.63, 3.8) is 0 Å². The number of carbonyl (C=O) groups is 3. The van der Waals surface area contributed by atoms with Crippen LogP contribution >= 0.6 is 0 Å². The van der Waals surface area contributed by atoms with Crippen molar-refractivity contribution < 1.29 is 19.5 Å². The molecule has 3 N–H and O–H groups in total. The summed E-state index contributed by atoms with van der Waals surface area (Å²) >= 11 is 0. The number of carboxylic acid groups (broad SMARTS) is 1. The van der Waals surface area contributed by atoms with E-state index in [-0.39, 0.29) is 30.2 Å². The second kappa shape index (κ2) is 10.6. The molecular formula is C20H30N2O4. The maximum absolute atomic E-state index is 12.5. The largest absolute Gasteiger partial charge is 0.481 e. The summed E-state index contributed by atoms with van der Waals surface area (Å²) in [5.41, 5.74) is 0.903. The van der Waals surface area contributed by atoms with E-state index in [1.165, 1.54) is 0 Å². The zero-order valence-electron chi connectivity index (χ0n) is 16.0. The van der Waals surface area contributed by atoms with Crippen LogP contribution in [0.15, 0.2) is 30.3 Å². The van der Waals surface area contributed by atoms with Crippen LogP contribution in [0.3, 0.4) is 0 Å². The fourth-order valence-electron chi connectivity index (χ4n) is 2.62. The highest BCUT2D eigenvalue weighted by atomic mass is 16.4. The molecule has 26 heavy (non-hydrogen) atoms. The van der Waals surface area contributed by atoms with E-state index in [1.807, 2.05) is 58.0 Å². The molecule has 0 aromatic heterocycles. The molecular weight excluding hydrogens is 332 g/mol. The third kappa shape index (κ3) is 7.68. The van der Waals surface area contributed by atoms with Crippen molar-refractivity contribution in [3.05, 3.63) is 35.9 Å². The minimum atomic E-state index is -0.959. The molecule has 0 fully saturated rings. The Morgan fingerprint density at radius 3 is 2.15 bits per heavy atom. The molecule has 0 bridgehead atoms. The quantitative estimate of drug-likeness (QED) is 0.595. The lowest BCUT2D eigenvalue weighted by Crippen LogP contribution is -2.51. The van der Waals surface area contributed by atoms with Crippen molar-refractivity contribution in [2.45, 2.75) is 46.6 Å². The van der Waals surface area contributed by atoms with Gasteiger partial charge in [0.05, 0.1) is 5.92 Å². The van der Waals surface area contributed by atoms with Crippen molar-refractivity contribution in [3.8, 4) is 0 Å². The van der Waals surface area contributed by atoms with Crippen LogP contribution in [-0.4, -0.2) is 35.5 Å². The highest BCUT2D eigenvalue weighted by molar-refractivity contribution is 5.88. The van der Waals surface area contributed by atoms with Crippen LogP contribution in [0.4, 0.5) is 0 Å². The van der Waals surface area contributed by atoms with Crippen molar-refractivity contribution in [1.29, 1.82) is 0 Å². The molecule has 2 amide bonds. The van der Waals surface area contributed by atoms with Gasteiger partial charge in [0.15, 0.2) is 0 Å². The third-order valence-electron chi connectivity index (χ3n) is 4.06. The van der Waals surface area contributed by atoms with E-state index in [0.29, 0.717) is 12.8 Å². The molecule has 1 aromatic carbocycles. The summed E-state index contributed by atoms with van der Waals surface area (Å²) < 4.78 is 0. The first-order valence-electron chi connectivity index (χ1n) is 9.04. The maximum atomic E-state index is 12.5. The Morgan fingerprint density at radius 1 is 1.04 bits per heavy atom. The van der Waals surface area contributed by atoms with Crippen molar-refractivity contribution in [2.24, 2.45) is 17.8 Å². The first-order chi connectivity index (χ1) is 12.2. The molecule has 0 spiro atoms. The number of nitrogens with one attached hydrogen (secondary N) is 2. The van der Waals surface area contributed by atoms with Crippen molar-refractivity contribution in [2.75, 3.05) is 6.54 Å².